The van der Waals surface area contributed by atoms with Crippen molar-refractivity contribution >= 4 is 17.5 Å². The summed E-state index contributed by atoms with van der Waals surface area (Å²) in [6.45, 7) is 4.31. The molecule has 4 rings (SSSR count). The molecule has 1 aromatic heterocycles. The van der Waals surface area contributed by atoms with Gasteiger partial charge in [-0.05, 0) is 24.6 Å². The van der Waals surface area contributed by atoms with Crippen LogP contribution in [0, 0.1) is 5.82 Å². The first-order valence-electron chi connectivity index (χ1n) is 9.03. The maximum absolute atomic E-state index is 13.3. The minimum absolute atomic E-state index is 0.00323. The number of hydrogen-bond donors (Lipinski definition) is 0. The average molecular weight is 394 g/mol. The molecule has 0 aliphatic carbocycles. The Morgan fingerprint density at radius 3 is 3.07 bits per heavy atom. The van der Waals surface area contributed by atoms with Crippen molar-refractivity contribution in [2.75, 3.05) is 13.2 Å². The predicted molar refractivity (Wildman–Crippen MR) is 97.2 cm³/mol. The Labute approximate surface area is 161 Å². The lowest BCUT2D eigenvalue weighted by Crippen LogP contribution is -2.45. The van der Waals surface area contributed by atoms with Crippen LogP contribution in [0.15, 0.2) is 24.4 Å². The summed E-state index contributed by atoms with van der Waals surface area (Å²) in [5, 5.41) is 4.43. The summed E-state index contributed by atoms with van der Waals surface area (Å²) in [5.41, 5.74) is 1.59. The zero-order valence-corrected chi connectivity index (χ0v) is 15.8. The maximum atomic E-state index is 13.3. The van der Waals surface area contributed by atoms with Crippen LogP contribution in [0.25, 0.3) is 0 Å². The minimum atomic E-state index is -0.485. The van der Waals surface area contributed by atoms with E-state index in [4.69, 9.17) is 21.1 Å². The fraction of sp³-hybridized carbons (Fsp3) is 0.474. The van der Waals surface area contributed by atoms with E-state index in [-0.39, 0.29) is 29.5 Å². The number of amides is 1. The fourth-order valence-electron chi connectivity index (χ4n) is 3.52. The second kappa shape index (κ2) is 7.48. The third-order valence-corrected chi connectivity index (χ3v) is 5.33. The van der Waals surface area contributed by atoms with E-state index in [1.165, 1.54) is 12.1 Å². The molecule has 144 valence electrons. The summed E-state index contributed by atoms with van der Waals surface area (Å²) in [7, 11) is 0. The highest BCUT2D eigenvalue weighted by Gasteiger charge is 2.31. The Balaban J connectivity index is 1.48. The van der Waals surface area contributed by atoms with E-state index in [1.54, 1.807) is 12.3 Å². The highest BCUT2D eigenvalue weighted by atomic mass is 35.5. The Hall–Kier alpha value is -2.12. The first kappa shape index (κ1) is 18.3. The van der Waals surface area contributed by atoms with Gasteiger partial charge < -0.3 is 14.4 Å². The van der Waals surface area contributed by atoms with Gasteiger partial charge in [0.2, 0.25) is 5.91 Å². The van der Waals surface area contributed by atoms with Crippen LogP contribution in [-0.2, 0) is 29.0 Å². The standard InChI is InChI=1S/C19H21ClFN3O3/c1-12-9-24-17(18(8-22-24)27-14-4-5-26-11-14)10-23(12)19(25)7-13-2-3-16(21)15(20)6-13/h2-3,6,8,12,14H,4-5,7,9-11H2,1H3/t12-,14?/m0/s1. The molecule has 0 N–H and O–H groups in total. The van der Waals surface area contributed by atoms with Crippen molar-refractivity contribution in [2.24, 2.45) is 0 Å². The van der Waals surface area contributed by atoms with Gasteiger partial charge in [-0.2, -0.15) is 5.10 Å². The number of halogens is 2. The largest absolute Gasteiger partial charge is 0.484 e. The summed E-state index contributed by atoms with van der Waals surface area (Å²) in [5.74, 6) is 0.189. The van der Waals surface area contributed by atoms with Crippen LogP contribution in [0.5, 0.6) is 5.75 Å². The van der Waals surface area contributed by atoms with Crippen LogP contribution in [-0.4, -0.2) is 45.9 Å². The summed E-state index contributed by atoms with van der Waals surface area (Å²) >= 11 is 5.83. The molecule has 1 aromatic carbocycles. The highest BCUT2D eigenvalue weighted by molar-refractivity contribution is 6.30. The second-order valence-electron chi connectivity index (χ2n) is 7.04. The van der Waals surface area contributed by atoms with Crippen molar-refractivity contribution < 1.29 is 18.7 Å². The third kappa shape index (κ3) is 3.80. The van der Waals surface area contributed by atoms with Crippen molar-refractivity contribution in [2.45, 2.75) is 45.0 Å². The number of aromatic nitrogens is 2. The van der Waals surface area contributed by atoms with Gasteiger partial charge >= 0.3 is 0 Å². The van der Waals surface area contributed by atoms with Crippen LogP contribution in [0.4, 0.5) is 4.39 Å². The fourth-order valence-corrected chi connectivity index (χ4v) is 3.72. The monoisotopic (exact) mass is 393 g/mol. The zero-order valence-electron chi connectivity index (χ0n) is 15.0. The summed E-state index contributed by atoms with van der Waals surface area (Å²) in [6.07, 6.45) is 2.78. The van der Waals surface area contributed by atoms with Crippen molar-refractivity contribution in [1.82, 2.24) is 14.7 Å². The number of fused-ring (bicyclic) bond motifs is 1. The molecule has 2 aliphatic rings. The molecule has 8 heteroatoms. The molecular weight excluding hydrogens is 373 g/mol. The van der Waals surface area contributed by atoms with Crippen LogP contribution in [0.2, 0.25) is 5.02 Å². The molecule has 0 radical (unpaired) electrons. The van der Waals surface area contributed by atoms with Crippen molar-refractivity contribution in [3.05, 3.63) is 46.5 Å². The molecular formula is C19H21ClFN3O3. The Bertz CT molecular complexity index is 851. The topological polar surface area (TPSA) is 56.6 Å². The predicted octanol–water partition coefficient (Wildman–Crippen LogP) is 2.82. The van der Waals surface area contributed by atoms with Crippen molar-refractivity contribution in [1.29, 1.82) is 0 Å². The number of hydrogen-bond acceptors (Lipinski definition) is 4. The second-order valence-corrected chi connectivity index (χ2v) is 7.44. The molecule has 6 nitrogen and oxygen atoms in total. The third-order valence-electron chi connectivity index (χ3n) is 5.04. The van der Waals surface area contributed by atoms with Gasteiger partial charge in [0.15, 0.2) is 5.75 Å². The molecule has 1 fully saturated rings. The lowest BCUT2D eigenvalue weighted by atomic mass is 10.1. The van der Waals surface area contributed by atoms with Crippen LogP contribution >= 0.6 is 11.6 Å². The molecule has 1 amide bonds. The first-order valence-corrected chi connectivity index (χ1v) is 9.41. The van der Waals surface area contributed by atoms with Crippen molar-refractivity contribution in [3.63, 3.8) is 0 Å². The van der Waals surface area contributed by atoms with Crippen LogP contribution < -0.4 is 4.74 Å². The summed E-state index contributed by atoms with van der Waals surface area (Å²) in [4.78, 5) is 14.7. The van der Waals surface area contributed by atoms with Gasteiger partial charge in [-0.3, -0.25) is 9.48 Å². The van der Waals surface area contributed by atoms with Gasteiger partial charge in [-0.1, -0.05) is 17.7 Å². The lowest BCUT2D eigenvalue weighted by Gasteiger charge is -2.34. The summed E-state index contributed by atoms with van der Waals surface area (Å²) < 4.78 is 26.6. The van der Waals surface area contributed by atoms with Crippen LogP contribution in [0.1, 0.15) is 24.6 Å². The lowest BCUT2D eigenvalue weighted by molar-refractivity contribution is -0.134. The Morgan fingerprint density at radius 1 is 1.48 bits per heavy atom. The van der Waals surface area contributed by atoms with E-state index in [0.29, 0.717) is 37.6 Å². The van der Waals surface area contributed by atoms with Gasteiger partial charge in [0, 0.05) is 12.5 Å². The van der Waals surface area contributed by atoms with E-state index >= 15 is 0 Å². The molecule has 2 atom stereocenters. The highest BCUT2D eigenvalue weighted by Crippen LogP contribution is 2.28. The molecule has 1 saturated heterocycles. The van der Waals surface area contributed by atoms with Crippen molar-refractivity contribution in [3.8, 4) is 5.75 Å². The van der Waals surface area contributed by atoms with E-state index in [1.807, 2.05) is 16.5 Å². The molecule has 2 aliphatic heterocycles. The average Bonchev–Trinajstić information content (AvgIpc) is 3.28. The zero-order chi connectivity index (χ0) is 19.0. The number of rotatable bonds is 4. The number of carbonyl (C=O) groups excluding carboxylic acids is 1. The van der Waals surface area contributed by atoms with Gasteiger partial charge in [-0.15, -0.1) is 0 Å². The SMILES string of the molecule is C[C@H]1Cn2ncc(OC3CCOC3)c2CN1C(=O)Cc1ccc(F)c(Cl)c1. The van der Waals surface area contributed by atoms with Gasteiger partial charge in [-0.25, -0.2) is 4.39 Å². The first-order chi connectivity index (χ1) is 13.0. The maximum Gasteiger partial charge on any atom is 0.227 e. The number of benzene rings is 1. The molecule has 1 unspecified atom stereocenters. The molecule has 2 aromatic rings. The number of nitrogens with zero attached hydrogens (tertiary/aromatic N) is 3. The van der Waals surface area contributed by atoms with Gasteiger partial charge in [0.25, 0.3) is 0 Å². The van der Waals surface area contributed by atoms with E-state index in [2.05, 4.69) is 5.10 Å². The molecule has 27 heavy (non-hydrogen) atoms. The molecule has 0 spiro atoms. The smallest absolute Gasteiger partial charge is 0.227 e. The minimum Gasteiger partial charge on any atom is -0.484 e. The van der Waals surface area contributed by atoms with E-state index < -0.39 is 5.82 Å². The van der Waals surface area contributed by atoms with E-state index in [9.17, 15) is 9.18 Å². The normalized spacial score (nSPS) is 22.0. The van der Waals surface area contributed by atoms with E-state index in [0.717, 1.165) is 12.1 Å². The quantitative estimate of drug-likeness (QED) is 0.801. The Morgan fingerprint density at radius 2 is 2.33 bits per heavy atom. The number of ether oxygens (including phenoxy) is 2. The van der Waals surface area contributed by atoms with Gasteiger partial charge in [0.05, 0.1) is 49.6 Å². The number of carbonyl (C=O) groups is 1. The summed E-state index contributed by atoms with van der Waals surface area (Å²) in [6, 6.07) is 4.38. The molecule has 0 saturated carbocycles. The Kier molecular flexibility index (Phi) is 5.06. The molecule has 0 bridgehead atoms. The van der Waals surface area contributed by atoms with Gasteiger partial charge in [0.1, 0.15) is 11.9 Å². The molecule has 3 heterocycles. The van der Waals surface area contributed by atoms with Crippen LogP contribution in [0.3, 0.4) is 0 Å².